The number of nitrogens with zero attached hydrogens (tertiary/aromatic N) is 2. The highest BCUT2D eigenvalue weighted by Gasteiger charge is 1.96. The summed E-state index contributed by atoms with van der Waals surface area (Å²) >= 11 is 0. The Bertz CT molecular complexity index is 334. The summed E-state index contributed by atoms with van der Waals surface area (Å²) in [4.78, 5) is 8.74. The van der Waals surface area contributed by atoms with Crippen LogP contribution in [0.15, 0.2) is 22.1 Å². The Balaban J connectivity index is 3.85. The molecular weight excluding hydrogens is 240 g/mol. The number of rotatable bonds is 10. The van der Waals surface area contributed by atoms with Crippen LogP contribution >= 0.6 is 0 Å². The first-order chi connectivity index (χ1) is 9.10. The summed E-state index contributed by atoms with van der Waals surface area (Å²) in [5.74, 6) is 0. The van der Waals surface area contributed by atoms with Crippen LogP contribution in [0.1, 0.15) is 27.2 Å². The van der Waals surface area contributed by atoms with E-state index in [2.05, 4.69) is 22.2 Å². The molecule has 1 unspecified atom stereocenters. The molecule has 0 aliphatic carbocycles. The lowest BCUT2D eigenvalue weighted by atomic mass is 10.3. The van der Waals surface area contributed by atoms with Crippen molar-refractivity contribution in [2.75, 3.05) is 26.8 Å². The molecule has 0 rings (SSSR count). The summed E-state index contributed by atoms with van der Waals surface area (Å²) in [5, 5.41) is 10.5. The minimum atomic E-state index is 0.0541. The second kappa shape index (κ2) is 11.7. The lowest BCUT2D eigenvalue weighted by molar-refractivity contribution is 0.243. The summed E-state index contributed by atoms with van der Waals surface area (Å²) in [6.07, 6.45) is 6.17. The molecular formula is C14H26N4O. The molecule has 19 heavy (non-hydrogen) atoms. The Hall–Kier alpha value is -1.33. The third-order valence-corrected chi connectivity index (χ3v) is 2.35. The SMILES string of the molecule is CCC(COC)=NCCNC(C)N=C/C=C\C(C)=N. The predicted molar refractivity (Wildman–Crippen MR) is 83.0 cm³/mol. The number of hydrogen-bond acceptors (Lipinski definition) is 5. The molecule has 0 aliphatic rings. The number of aliphatic imine (C=N–C) groups is 2. The van der Waals surface area contributed by atoms with Gasteiger partial charge in [-0.15, -0.1) is 0 Å². The van der Waals surface area contributed by atoms with Crippen molar-refractivity contribution < 1.29 is 4.74 Å². The maximum atomic E-state index is 7.22. The van der Waals surface area contributed by atoms with Crippen molar-refractivity contribution in [3.8, 4) is 0 Å². The van der Waals surface area contributed by atoms with Crippen LogP contribution in [0.5, 0.6) is 0 Å². The average molecular weight is 266 g/mol. The van der Waals surface area contributed by atoms with E-state index in [-0.39, 0.29) is 6.17 Å². The fourth-order valence-electron chi connectivity index (χ4n) is 1.33. The molecule has 1 atom stereocenters. The maximum Gasteiger partial charge on any atom is 0.0966 e. The van der Waals surface area contributed by atoms with Gasteiger partial charge < -0.3 is 10.1 Å². The Morgan fingerprint density at radius 1 is 1.47 bits per heavy atom. The first-order valence-electron chi connectivity index (χ1n) is 6.59. The van der Waals surface area contributed by atoms with E-state index in [9.17, 15) is 0 Å². The zero-order valence-electron chi connectivity index (χ0n) is 12.4. The highest BCUT2D eigenvalue weighted by Crippen LogP contribution is 1.88. The van der Waals surface area contributed by atoms with Gasteiger partial charge in [-0.05, 0) is 32.4 Å². The molecule has 5 nitrogen and oxygen atoms in total. The molecule has 0 spiro atoms. The number of methoxy groups -OCH3 is 1. The van der Waals surface area contributed by atoms with E-state index in [0.717, 1.165) is 25.2 Å². The minimum Gasteiger partial charge on any atom is -0.379 e. The van der Waals surface area contributed by atoms with Crippen molar-refractivity contribution in [2.45, 2.75) is 33.4 Å². The fraction of sp³-hybridized carbons (Fsp3) is 0.643. The number of nitrogens with one attached hydrogen (secondary N) is 2. The molecule has 108 valence electrons. The molecule has 0 amide bonds. The van der Waals surface area contributed by atoms with Crippen molar-refractivity contribution in [1.82, 2.24) is 5.32 Å². The Morgan fingerprint density at radius 2 is 2.21 bits per heavy atom. The van der Waals surface area contributed by atoms with Crippen molar-refractivity contribution >= 4 is 17.6 Å². The van der Waals surface area contributed by atoms with Crippen LogP contribution in [0.4, 0.5) is 0 Å². The van der Waals surface area contributed by atoms with Crippen LogP contribution in [-0.4, -0.2) is 50.6 Å². The van der Waals surface area contributed by atoms with Gasteiger partial charge >= 0.3 is 0 Å². The van der Waals surface area contributed by atoms with Gasteiger partial charge in [0.05, 0.1) is 19.3 Å². The zero-order chi connectivity index (χ0) is 14.5. The standard InChI is InChI=1S/C14H26N4O/c1-5-14(11-19-4)18-10-9-17-13(3)16-8-6-7-12(2)15/h6-8,13,15,17H,5,9-11H2,1-4H3/b7-6-,15-12?,16-8?,18-14?. The van der Waals surface area contributed by atoms with Crippen molar-refractivity contribution in [3.05, 3.63) is 12.2 Å². The second-order valence-corrected chi connectivity index (χ2v) is 4.20. The second-order valence-electron chi connectivity index (χ2n) is 4.20. The van der Waals surface area contributed by atoms with E-state index in [4.69, 9.17) is 10.1 Å². The molecule has 0 aromatic rings. The Kier molecular flexibility index (Phi) is 10.9. The summed E-state index contributed by atoms with van der Waals surface area (Å²) in [6.45, 7) is 7.94. The number of allylic oxidation sites excluding steroid dienone is 2. The fourth-order valence-corrected chi connectivity index (χ4v) is 1.33. The van der Waals surface area contributed by atoms with Crippen LogP contribution in [0, 0.1) is 5.41 Å². The van der Waals surface area contributed by atoms with Crippen LogP contribution in [0.3, 0.4) is 0 Å². The number of ether oxygens (including phenoxy) is 1. The molecule has 0 heterocycles. The largest absolute Gasteiger partial charge is 0.379 e. The maximum absolute atomic E-state index is 7.22. The molecule has 0 saturated heterocycles. The molecule has 0 aromatic carbocycles. The molecule has 0 aromatic heterocycles. The van der Waals surface area contributed by atoms with Crippen molar-refractivity contribution in [2.24, 2.45) is 9.98 Å². The molecule has 2 N–H and O–H groups in total. The molecule has 0 radical (unpaired) electrons. The first-order valence-corrected chi connectivity index (χ1v) is 6.59. The summed E-state index contributed by atoms with van der Waals surface area (Å²) in [5.41, 5.74) is 1.61. The normalized spacial score (nSPS) is 14.4. The van der Waals surface area contributed by atoms with Gasteiger partial charge in [-0.1, -0.05) is 6.92 Å². The minimum absolute atomic E-state index is 0.0541. The van der Waals surface area contributed by atoms with E-state index in [1.165, 1.54) is 0 Å². The van der Waals surface area contributed by atoms with Gasteiger partial charge in [-0.25, -0.2) is 0 Å². The summed E-state index contributed by atoms with van der Waals surface area (Å²) in [7, 11) is 1.68. The Labute approximate surface area is 116 Å². The first kappa shape index (κ1) is 17.7. The zero-order valence-corrected chi connectivity index (χ0v) is 12.4. The molecule has 5 heteroatoms. The number of hydrogen-bond donors (Lipinski definition) is 2. The van der Waals surface area contributed by atoms with E-state index in [1.54, 1.807) is 32.4 Å². The van der Waals surface area contributed by atoms with Crippen LogP contribution in [-0.2, 0) is 4.74 Å². The van der Waals surface area contributed by atoms with Gasteiger partial charge in [-0.2, -0.15) is 0 Å². The smallest absolute Gasteiger partial charge is 0.0966 e. The third-order valence-electron chi connectivity index (χ3n) is 2.35. The molecule has 0 fully saturated rings. The predicted octanol–water partition coefficient (Wildman–Crippen LogP) is 2.09. The van der Waals surface area contributed by atoms with Gasteiger partial charge in [-0.3, -0.25) is 15.3 Å². The van der Waals surface area contributed by atoms with Gasteiger partial charge in [0, 0.05) is 31.3 Å². The van der Waals surface area contributed by atoms with E-state index in [1.807, 2.05) is 6.92 Å². The highest BCUT2D eigenvalue weighted by atomic mass is 16.5. The van der Waals surface area contributed by atoms with E-state index >= 15 is 0 Å². The van der Waals surface area contributed by atoms with E-state index < -0.39 is 0 Å². The van der Waals surface area contributed by atoms with Crippen LogP contribution in [0.2, 0.25) is 0 Å². The third kappa shape index (κ3) is 11.5. The Morgan fingerprint density at radius 3 is 2.79 bits per heavy atom. The van der Waals surface area contributed by atoms with Gasteiger partial charge in [0.25, 0.3) is 0 Å². The van der Waals surface area contributed by atoms with E-state index in [0.29, 0.717) is 12.3 Å². The summed E-state index contributed by atoms with van der Waals surface area (Å²) in [6, 6.07) is 0. The average Bonchev–Trinajstić information content (AvgIpc) is 2.38. The van der Waals surface area contributed by atoms with Crippen molar-refractivity contribution in [3.63, 3.8) is 0 Å². The lowest BCUT2D eigenvalue weighted by Gasteiger charge is -2.08. The van der Waals surface area contributed by atoms with Crippen LogP contribution < -0.4 is 5.32 Å². The monoisotopic (exact) mass is 266 g/mol. The highest BCUT2D eigenvalue weighted by molar-refractivity contribution is 5.93. The van der Waals surface area contributed by atoms with Gasteiger partial charge in [0.2, 0.25) is 0 Å². The van der Waals surface area contributed by atoms with Crippen molar-refractivity contribution in [1.29, 1.82) is 5.41 Å². The molecule has 0 saturated carbocycles. The molecule has 0 bridgehead atoms. The topological polar surface area (TPSA) is 69.8 Å². The summed E-state index contributed by atoms with van der Waals surface area (Å²) < 4.78 is 5.06. The quantitative estimate of drug-likeness (QED) is 0.469. The van der Waals surface area contributed by atoms with Gasteiger partial charge in [0.15, 0.2) is 0 Å². The lowest BCUT2D eigenvalue weighted by Crippen LogP contribution is -2.27. The van der Waals surface area contributed by atoms with Crippen LogP contribution in [0.25, 0.3) is 0 Å². The molecule has 0 aliphatic heterocycles. The van der Waals surface area contributed by atoms with Gasteiger partial charge in [0.1, 0.15) is 0 Å².